The molecule has 0 spiro atoms. The van der Waals surface area contributed by atoms with Gasteiger partial charge in [-0.15, -0.1) is 11.8 Å². The standard InChI is InChI=1S/C25H35FN5O7PS/c1-4-35-23(32)25(2,3)29-39(34,30-12-10-18(11-13-30)37-17-8-6-5-7-9-17)36-15-21-38-20(16-40-21)31-14-19(26)22(27)28-24(31)33/h5-9,14,18,20-21H,4,10-13,15-16H2,1-3H3,(H,29,34)(H2,27,28,33)/t20-,21+,39?/m0/s1. The topological polar surface area (TPSA) is 147 Å². The van der Waals surface area contributed by atoms with E-state index in [1.165, 1.54) is 11.8 Å². The van der Waals surface area contributed by atoms with Gasteiger partial charge in [-0.2, -0.15) is 4.98 Å². The number of para-hydroxylation sites is 1. The molecule has 15 heteroatoms. The van der Waals surface area contributed by atoms with Crippen molar-refractivity contribution in [1.82, 2.24) is 19.3 Å². The monoisotopic (exact) mass is 599 g/mol. The first kappa shape index (κ1) is 30.5. The van der Waals surface area contributed by atoms with Crippen molar-refractivity contribution in [2.75, 3.05) is 37.8 Å². The molecule has 2 aromatic rings. The Bertz CT molecular complexity index is 1280. The second-order valence-corrected chi connectivity index (χ2v) is 13.2. The number of halogens is 1. The number of rotatable bonds is 11. The Labute approximate surface area is 236 Å². The molecule has 40 heavy (non-hydrogen) atoms. The van der Waals surface area contributed by atoms with E-state index in [-0.39, 0.29) is 19.3 Å². The quantitative estimate of drug-likeness (QED) is 0.289. The van der Waals surface area contributed by atoms with Crippen LogP contribution in [0.25, 0.3) is 0 Å². The highest BCUT2D eigenvalue weighted by Crippen LogP contribution is 2.51. The number of carbonyl (C=O) groups excluding carboxylic acids is 1. The minimum absolute atomic E-state index is 0.0631. The average Bonchev–Trinajstić information content (AvgIpc) is 3.39. The smallest absolute Gasteiger partial charge is 0.351 e. The van der Waals surface area contributed by atoms with Crippen molar-refractivity contribution in [2.24, 2.45) is 0 Å². The van der Waals surface area contributed by atoms with Gasteiger partial charge in [0.05, 0.1) is 19.4 Å². The number of hydrogen-bond donors (Lipinski definition) is 2. The summed E-state index contributed by atoms with van der Waals surface area (Å²) in [6.07, 6.45) is 1.28. The number of nitrogen functional groups attached to an aromatic ring is 1. The normalized spacial score (nSPS) is 22.1. The van der Waals surface area contributed by atoms with Crippen molar-refractivity contribution < 1.29 is 32.5 Å². The van der Waals surface area contributed by atoms with Crippen LogP contribution in [0.15, 0.2) is 41.3 Å². The summed E-state index contributed by atoms with van der Waals surface area (Å²) in [7, 11) is -3.79. The van der Waals surface area contributed by atoms with E-state index < -0.39 is 48.2 Å². The fraction of sp³-hybridized carbons (Fsp3) is 0.560. The van der Waals surface area contributed by atoms with Crippen LogP contribution in [0.5, 0.6) is 5.75 Å². The van der Waals surface area contributed by atoms with Crippen molar-refractivity contribution in [3.05, 3.63) is 52.8 Å². The van der Waals surface area contributed by atoms with Gasteiger partial charge >= 0.3 is 19.3 Å². The largest absolute Gasteiger partial charge is 0.490 e. The molecule has 1 aromatic heterocycles. The van der Waals surface area contributed by atoms with Crippen LogP contribution in [-0.4, -0.2) is 69.3 Å². The SMILES string of the molecule is CCOC(=O)C(C)(C)NP(=O)(OC[C@@H]1O[C@H](n2cc(F)c(N)nc2=O)CS1)N1CCC(Oc2ccccc2)CC1. The maximum atomic E-state index is 14.4. The van der Waals surface area contributed by atoms with Crippen LogP contribution in [0.3, 0.4) is 0 Å². The Morgan fingerprint density at radius 1 is 1.30 bits per heavy atom. The molecule has 1 aromatic carbocycles. The predicted molar refractivity (Wildman–Crippen MR) is 148 cm³/mol. The van der Waals surface area contributed by atoms with Gasteiger partial charge in [0.25, 0.3) is 0 Å². The van der Waals surface area contributed by atoms with Crippen molar-refractivity contribution in [3.63, 3.8) is 0 Å². The van der Waals surface area contributed by atoms with Crippen molar-refractivity contribution in [3.8, 4) is 5.75 Å². The molecule has 0 aliphatic carbocycles. The van der Waals surface area contributed by atoms with E-state index in [4.69, 9.17) is 24.5 Å². The summed E-state index contributed by atoms with van der Waals surface area (Å²) in [5.74, 6) is -0.803. The van der Waals surface area contributed by atoms with Crippen LogP contribution < -0.4 is 21.2 Å². The molecule has 0 radical (unpaired) electrons. The Morgan fingerprint density at radius 3 is 2.67 bits per heavy atom. The van der Waals surface area contributed by atoms with E-state index in [0.717, 1.165) is 16.5 Å². The lowest BCUT2D eigenvalue weighted by atomic mass is 10.1. The van der Waals surface area contributed by atoms with Gasteiger partial charge in [0, 0.05) is 18.8 Å². The van der Waals surface area contributed by atoms with Gasteiger partial charge < -0.3 is 24.5 Å². The molecule has 220 valence electrons. The highest BCUT2D eigenvalue weighted by atomic mass is 32.2. The number of nitrogens with two attached hydrogens (primary N) is 1. The van der Waals surface area contributed by atoms with E-state index in [9.17, 15) is 18.5 Å². The number of carbonyl (C=O) groups is 1. The fourth-order valence-electron chi connectivity index (χ4n) is 4.31. The number of anilines is 1. The number of ether oxygens (including phenoxy) is 3. The number of thioether (sulfide) groups is 1. The Hall–Kier alpha value is -2.48. The maximum absolute atomic E-state index is 14.4. The lowest BCUT2D eigenvalue weighted by molar-refractivity contribution is -0.149. The fourth-order valence-corrected chi connectivity index (χ4v) is 7.66. The summed E-state index contributed by atoms with van der Waals surface area (Å²) in [6, 6.07) is 9.49. The Balaban J connectivity index is 1.43. The molecular formula is C25H35FN5O7PS. The molecule has 4 rings (SSSR count). The minimum Gasteiger partial charge on any atom is -0.490 e. The summed E-state index contributed by atoms with van der Waals surface area (Å²) in [6.45, 7) is 5.70. The third-order valence-electron chi connectivity index (χ3n) is 6.41. The number of esters is 1. The number of piperidine rings is 1. The zero-order valence-corrected chi connectivity index (χ0v) is 24.4. The molecule has 0 saturated carbocycles. The second-order valence-electron chi connectivity index (χ2n) is 9.87. The van der Waals surface area contributed by atoms with Gasteiger partial charge in [0.2, 0.25) is 0 Å². The molecule has 2 aliphatic rings. The highest BCUT2D eigenvalue weighted by molar-refractivity contribution is 8.00. The van der Waals surface area contributed by atoms with Gasteiger partial charge in [-0.3, -0.25) is 13.9 Å². The third kappa shape index (κ3) is 7.42. The van der Waals surface area contributed by atoms with Gasteiger partial charge in [-0.05, 0) is 45.7 Å². The molecule has 1 unspecified atom stereocenters. The second kappa shape index (κ2) is 13.0. The molecule has 2 fully saturated rings. The lowest BCUT2D eigenvalue weighted by Gasteiger charge is -2.39. The van der Waals surface area contributed by atoms with Crippen LogP contribution in [0.1, 0.15) is 39.8 Å². The first-order chi connectivity index (χ1) is 19.0. The summed E-state index contributed by atoms with van der Waals surface area (Å²) >= 11 is 1.32. The van der Waals surface area contributed by atoms with Gasteiger partial charge in [-0.1, -0.05) is 18.2 Å². The first-order valence-electron chi connectivity index (χ1n) is 13.0. The van der Waals surface area contributed by atoms with Gasteiger partial charge in [0.15, 0.2) is 11.6 Å². The van der Waals surface area contributed by atoms with Crippen LogP contribution in [0, 0.1) is 5.82 Å². The summed E-state index contributed by atoms with van der Waals surface area (Å²) in [5, 5.41) is 2.93. The van der Waals surface area contributed by atoms with Gasteiger partial charge in [0.1, 0.15) is 29.1 Å². The van der Waals surface area contributed by atoms with Crippen molar-refractivity contribution in [2.45, 2.75) is 56.9 Å². The molecule has 3 N–H and O–H groups in total. The molecule has 2 saturated heterocycles. The Morgan fingerprint density at radius 2 is 2.00 bits per heavy atom. The number of benzene rings is 1. The summed E-state index contributed by atoms with van der Waals surface area (Å²) < 4.78 is 54.1. The first-order valence-corrected chi connectivity index (χ1v) is 15.6. The number of aromatic nitrogens is 2. The zero-order valence-electron chi connectivity index (χ0n) is 22.7. The van der Waals surface area contributed by atoms with Crippen molar-refractivity contribution >= 4 is 31.2 Å². The number of nitrogens with one attached hydrogen (secondary N) is 1. The average molecular weight is 600 g/mol. The van der Waals surface area contributed by atoms with E-state index in [1.807, 2.05) is 30.3 Å². The molecule has 2 aliphatic heterocycles. The summed E-state index contributed by atoms with van der Waals surface area (Å²) in [4.78, 5) is 28.3. The highest BCUT2D eigenvalue weighted by Gasteiger charge is 2.44. The molecule has 3 atom stereocenters. The van der Waals surface area contributed by atoms with E-state index in [2.05, 4.69) is 10.1 Å². The third-order valence-corrected chi connectivity index (χ3v) is 9.99. The van der Waals surface area contributed by atoms with Crippen LogP contribution in [0.2, 0.25) is 0 Å². The van der Waals surface area contributed by atoms with Crippen LogP contribution in [0.4, 0.5) is 10.2 Å². The van der Waals surface area contributed by atoms with E-state index in [1.54, 1.807) is 25.4 Å². The lowest BCUT2D eigenvalue weighted by Crippen LogP contribution is -2.50. The van der Waals surface area contributed by atoms with Gasteiger partial charge in [-0.25, -0.2) is 18.9 Å². The maximum Gasteiger partial charge on any atom is 0.351 e. The van der Waals surface area contributed by atoms with Crippen LogP contribution >= 0.6 is 19.4 Å². The van der Waals surface area contributed by atoms with E-state index >= 15 is 0 Å². The van der Waals surface area contributed by atoms with E-state index in [0.29, 0.717) is 31.7 Å². The molecule has 0 amide bonds. The van der Waals surface area contributed by atoms with Crippen molar-refractivity contribution in [1.29, 1.82) is 0 Å². The zero-order chi connectivity index (χ0) is 28.9. The van der Waals surface area contributed by atoms with Crippen LogP contribution in [-0.2, 0) is 23.4 Å². The number of nitrogens with zero attached hydrogens (tertiary/aromatic N) is 3. The number of hydrogen-bond acceptors (Lipinski definition) is 10. The predicted octanol–water partition coefficient (Wildman–Crippen LogP) is 3.15. The molecule has 3 heterocycles. The minimum atomic E-state index is -3.79. The molecule has 0 bridgehead atoms. The molecule has 12 nitrogen and oxygen atoms in total. The molecular weight excluding hydrogens is 564 g/mol. The summed E-state index contributed by atoms with van der Waals surface area (Å²) in [5.41, 5.74) is 2.71. The Kier molecular flexibility index (Phi) is 9.91.